The van der Waals surface area contributed by atoms with E-state index in [9.17, 15) is 4.79 Å². The molecule has 0 radical (unpaired) electrons. The quantitative estimate of drug-likeness (QED) is 0.740. The topological polar surface area (TPSA) is 26.3 Å². The number of Topliss-reactive ketones (excluding diaryl/α,β-unsaturated/α-hetero) is 1. The minimum absolute atomic E-state index is 0.188. The van der Waals surface area contributed by atoms with Crippen LogP contribution in [-0.2, 0) is 11.2 Å². The summed E-state index contributed by atoms with van der Waals surface area (Å²) in [6.45, 7) is 5.62. The minimum Gasteiger partial charge on any atom is -0.491 e. The van der Waals surface area contributed by atoms with Crippen molar-refractivity contribution in [2.45, 2.75) is 39.7 Å². The van der Waals surface area contributed by atoms with Gasteiger partial charge in [-0.3, -0.25) is 0 Å². The Kier molecular flexibility index (Phi) is 4.35. The second kappa shape index (κ2) is 5.54. The number of hydrogen-bond donors (Lipinski definition) is 0. The molecule has 1 rings (SSSR count). The van der Waals surface area contributed by atoms with Crippen LogP contribution in [0.1, 0.15) is 32.8 Å². The molecule has 2 nitrogen and oxygen atoms in total. The van der Waals surface area contributed by atoms with Crippen molar-refractivity contribution in [1.29, 1.82) is 0 Å². The van der Waals surface area contributed by atoms with Crippen LogP contribution in [0.25, 0.3) is 0 Å². The molecule has 0 unspecified atom stereocenters. The van der Waals surface area contributed by atoms with E-state index in [0.717, 1.165) is 17.7 Å². The maximum absolute atomic E-state index is 10.8. The van der Waals surface area contributed by atoms with E-state index in [0.29, 0.717) is 6.42 Å². The van der Waals surface area contributed by atoms with Gasteiger partial charge < -0.3 is 9.53 Å². The Bertz CT molecular complexity index is 329. The van der Waals surface area contributed by atoms with Gasteiger partial charge in [0.25, 0.3) is 0 Å². The molecule has 1 aromatic rings. The lowest BCUT2D eigenvalue weighted by molar-refractivity contribution is -0.116. The van der Waals surface area contributed by atoms with Crippen LogP contribution in [0.5, 0.6) is 5.75 Å². The Morgan fingerprint density at radius 1 is 1.40 bits per heavy atom. The number of benzene rings is 1. The van der Waals surface area contributed by atoms with Gasteiger partial charge in [0, 0.05) is 6.42 Å². The molecular weight excluding hydrogens is 188 g/mol. The summed E-state index contributed by atoms with van der Waals surface area (Å²) in [5, 5.41) is 0. The first-order valence-electron chi connectivity index (χ1n) is 5.33. The summed E-state index contributed by atoms with van der Waals surface area (Å²) in [5.74, 6) is 1.11. The van der Waals surface area contributed by atoms with Gasteiger partial charge in [0.2, 0.25) is 0 Å². The van der Waals surface area contributed by atoms with Gasteiger partial charge in [-0.1, -0.05) is 12.1 Å². The molecule has 0 aromatic heterocycles. The zero-order chi connectivity index (χ0) is 11.3. The molecule has 0 saturated heterocycles. The van der Waals surface area contributed by atoms with Gasteiger partial charge in [0.05, 0.1) is 6.10 Å². The largest absolute Gasteiger partial charge is 0.491 e. The standard InChI is InChI=1S/C13H18O2/c1-10(2)15-13-6-4-5-12(9-13)8-7-11(3)14/h4-6,9-10H,7-8H2,1-3H3. The molecule has 0 bridgehead atoms. The normalized spacial score (nSPS) is 10.4. The van der Waals surface area contributed by atoms with Crippen LogP contribution in [0, 0.1) is 0 Å². The van der Waals surface area contributed by atoms with Gasteiger partial charge in [-0.2, -0.15) is 0 Å². The van der Waals surface area contributed by atoms with Crippen molar-refractivity contribution >= 4 is 5.78 Å². The lowest BCUT2D eigenvalue weighted by atomic mass is 10.1. The molecular formula is C13H18O2. The predicted octanol–water partition coefficient (Wildman–Crippen LogP) is 3.00. The van der Waals surface area contributed by atoms with Crippen LogP contribution in [0.15, 0.2) is 24.3 Å². The second-order valence-corrected chi connectivity index (χ2v) is 4.02. The van der Waals surface area contributed by atoms with Gasteiger partial charge in [-0.05, 0) is 44.9 Å². The third-order valence-electron chi connectivity index (χ3n) is 2.04. The molecule has 0 aliphatic carbocycles. The molecule has 0 amide bonds. The van der Waals surface area contributed by atoms with Crippen molar-refractivity contribution in [3.63, 3.8) is 0 Å². The molecule has 0 atom stereocenters. The highest BCUT2D eigenvalue weighted by Crippen LogP contribution is 2.16. The maximum atomic E-state index is 10.8. The maximum Gasteiger partial charge on any atom is 0.130 e. The Morgan fingerprint density at radius 3 is 2.73 bits per heavy atom. The number of carbonyl (C=O) groups is 1. The van der Waals surface area contributed by atoms with Crippen molar-refractivity contribution in [2.24, 2.45) is 0 Å². The molecule has 0 spiro atoms. The fourth-order valence-electron chi connectivity index (χ4n) is 1.37. The highest BCUT2D eigenvalue weighted by molar-refractivity contribution is 5.75. The third-order valence-corrected chi connectivity index (χ3v) is 2.04. The fourth-order valence-corrected chi connectivity index (χ4v) is 1.37. The monoisotopic (exact) mass is 206 g/mol. The predicted molar refractivity (Wildman–Crippen MR) is 61.2 cm³/mol. The van der Waals surface area contributed by atoms with Crippen LogP contribution in [0.4, 0.5) is 0 Å². The molecule has 0 aliphatic rings. The first kappa shape index (κ1) is 11.8. The lowest BCUT2D eigenvalue weighted by Gasteiger charge is -2.10. The summed E-state index contributed by atoms with van der Waals surface area (Å²) in [4.78, 5) is 10.8. The Balaban J connectivity index is 2.61. The van der Waals surface area contributed by atoms with Gasteiger partial charge in [0.1, 0.15) is 11.5 Å². The van der Waals surface area contributed by atoms with Crippen molar-refractivity contribution in [2.75, 3.05) is 0 Å². The highest BCUT2D eigenvalue weighted by Gasteiger charge is 2.00. The van der Waals surface area contributed by atoms with E-state index in [1.165, 1.54) is 0 Å². The summed E-state index contributed by atoms with van der Waals surface area (Å²) in [6.07, 6.45) is 1.59. The van der Waals surface area contributed by atoms with Crippen LogP contribution < -0.4 is 4.74 Å². The molecule has 0 heterocycles. The van der Waals surface area contributed by atoms with Gasteiger partial charge in [-0.25, -0.2) is 0 Å². The summed E-state index contributed by atoms with van der Waals surface area (Å²) < 4.78 is 5.58. The van der Waals surface area contributed by atoms with E-state index in [4.69, 9.17) is 4.74 Å². The average Bonchev–Trinajstić information content (AvgIpc) is 2.14. The van der Waals surface area contributed by atoms with E-state index in [1.807, 2.05) is 38.1 Å². The summed E-state index contributed by atoms with van der Waals surface area (Å²) >= 11 is 0. The van der Waals surface area contributed by atoms with E-state index >= 15 is 0 Å². The molecule has 2 heteroatoms. The zero-order valence-electron chi connectivity index (χ0n) is 9.62. The molecule has 1 aromatic carbocycles. The number of carbonyl (C=O) groups excluding carboxylic acids is 1. The Morgan fingerprint density at radius 2 is 2.13 bits per heavy atom. The van der Waals surface area contributed by atoms with E-state index in [-0.39, 0.29) is 11.9 Å². The Hall–Kier alpha value is -1.31. The fraction of sp³-hybridized carbons (Fsp3) is 0.462. The number of hydrogen-bond acceptors (Lipinski definition) is 2. The van der Waals surface area contributed by atoms with Crippen LogP contribution in [-0.4, -0.2) is 11.9 Å². The van der Waals surface area contributed by atoms with Crippen LogP contribution >= 0.6 is 0 Å². The zero-order valence-corrected chi connectivity index (χ0v) is 9.62. The van der Waals surface area contributed by atoms with Crippen molar-refractivity contribution in [3.8, 4) is 5.75 Å². The van der Waals surface area contributed by atoms with E-state index in [2.05, 4.69) is 0 Å². The number of rotatable bonds is 5. The number of aryl methyl sites for hydroxylation is 1. The van der Waals surface area contributed by atoms with Crippen LogP contribution in [0.2, 0.25) is 0 Å². The molecule has 0 aliphatic heterocycles. The molecule has 0 fully saturated rings. The molecule has 15 heavy (non-hydrogen) atoms. The smallest absolute Gasteiger partial charge is 0.130 e. The lowest BCUT2D eigenvalue weighted by Crippen LogP contribution is -2.05. The Labute approximate surface area is 91.3 Å². The van der Waals surface area contributed by atoms with Crippen molar-refractivity contribution in [1.82, 2.24) is 0 Å². The third kappa shape index (κ3) is 4.63. The first-order valence-corrected chi connectivity index (χ1v) is 5.33. The van der Waals surface area contributed by atoms with Crippen molar-refractivity contribution < 1.29 is 9.53 Å². The van der Waals surface area contributed by atoms with Gasteiger partial charge >= 0.3 is 0 Å². The second-order valence-electron chi connectivity index (χ2n) is 4.02. The molecule has 0 N–H and O–H groups in total. The number of ketones is 1. The number of ether oxygens (including phenoxy) is 1. The molecule has 82 valence electrons. The van der Waals surface area contributed by atoms with Crippen LogP contribution in [0.3, 0.4) is 0 Å². The summed E-state index contributed by atoms with van der Waals surface area (Å²) in [7, 11) is 0. The highest BCUT2D eigenvalue weighted by atomic mass is 16.5. The average molecular weight is 206 g/mol. The first-order chi connectivity index (χ1) is 7.08. The summed E-state index contributed by atoms with van der Waals surface area (Å²) in [6, 6.07) is 7.93. The minimum atomic E-state index is 0.188. The summed E-state index contributed by atoms with van der Waals surface area (Å²) in [5.41, 5.74) is 1.16. The van der Waals surface area contributed by atoms with Crippen molar-refractivity contribution in [3.05, 3.63) is 29.8 Å². The van der Waals surface area contributed by atoms with Gasteiger partial charge in [0.15, 0.2) is 0 Å². The van der Waals surface area contributed by atoms with Gasteiger partial charge in [-0.15, -0.1) is 0 Å². The van der Waals surface area contributed by atoms with E-state index < -0.39 is 0 Å². The van der Waals surface area contributed by atoms with E-state index in [1.54, 1.807) is 6.92 Å². The SMILES string of the molecule is CC(=O)CCc1cccc(OC(C)C)c1. The molecule has 0 saturated carbocycles.